The minimum Gasteiger partial charge on any atom is -0.399 e. The molecule has 1 saturated heterocycles. The molecule has 29 heavy (non-hydrogen) atoms. The summed E-state index contributed by atoms with van der Waals surface area (Å²) >= 11 is 2.18. The van der Waals surface area contributed by atoms with E-state index >= 15 is 0 Å². The summed E-state index contributed by atoms with van der Waals surface area (Å²) < 4.78 is 5.84. The fraction of sp³-hybridized carbons (Fsp3) is 0.565. The van der Waals surface area contributed by atoms with Gasteiger partial charge < -0.3 is 15.4 Å². The van der Waals surface area contributed by atoms with Crippen LogP contribution in [0.15, 0.2) is 30.3 Å². The average molecular weight is 411 g/mol. The minimum atomic E-state index is 0.185. The van der Waals surface area contributed by atoms with E-state index in [4.69, 9.17) is 20.4 Å². The maximum atomic E-state index is 5.90. The van der Waals surface area contributed by atoms with Crippen molar-refractivity contribution in [3.05, 3.63) is 36.0 Å². The van der Waals surface area contributed by atoms with Crippen LogP contribution in [-0.2, 0) is 9.48 Å². The predicted molar refractivity (Wildman–Crippen MR) is 120 cm³/mol. The Morgan fingerprint density at radius 2 is 1.90 bits per heavy atom. The average Bonchev–Trinajstić information content (AvgIpc) is 3.34. The van der Waals surface area contributed by atoms with Crippen LogP contribution in [-0.4, -0.2) is 41.0 Å². The standard InChI is InChI=1S/C23H30N4OS/c1-16-15-28-13-12-27(16)21-14-20(23(10-11-23)29-19-4-2-3-5-19)25-22(26-21)17-6-8-18(24)9-7-17/h6-9,14,16,19H,2-5,10-13,15,24H2,1H3/t16-/m0/s1. The van der Waals surface area contributed by atoms with Crippen LogP contribution in [0, 0.1) is 0 Å². The zero-order valence-corrected chi connectivity index (χ0v) is 18.0. The number of hydrogen-bond donors (Lipinski definition) is 1. The summed E-state index contributed by atoms with van der Waals surface area (Å²) in [6, 6.07) is 10.5. The lowest BCUT2D eigenvalue weighted by atomic mass is 10.1. The van der Waals surface area contributed by atoms with E-state index in [0.717, 1.165) is 47.9 Å². The van der Waals surface area contributed by atoms with Gasteiger partial charge in [0.1, 0.15) is 5.82 Å². The third-order valence-corrected chi connectivity index (χ3v) is 8.28. The van der Waals surface area contributed by atoms with Crippen molar-refractivity contribution in [3.8, 4) is 11.4 Å². The highest BCUT2D eigenvalue weighted by atomic mass is 32.2. The third-order valence-electron chi connectivity index (χ3n) is 6.41. The van der Waals surface area contributed by atoms with Gasteiger partial charge in [-0.3, -0.25) is 0 Å². The van der Waals surface area contributed by atoms with Crippen LogP contribution >= 0.6 is 11.8 Å². The zero-order chi connectivity index (χ0) is 19.8. The molecule has 6 heteroatoms. The van der Waals surface area contributed by atoms with Gasteiger partial charge >= 0.3 is 0 Å². The molecule has 0 radical (unpaired) electrons. The first kappa shape index (κ1) is 19.2. The molecular weight excluding hydrogens is 380 g/mol. The molecule has 2 N–H and O–H groups in total. The summed E-state index contributed by atoms with van der Waals surface area (Å²) in [7, 11) is 0. The summed E-state index contributed by atoms with van der Waals surface area (Å²) in [5, 5.41) is 0.790. The van der Waals surface area contributed by atoms with Crippen LogP contribution in [0.3, 0.4) is 0 Å². The molecule has 0 unspecified atom stereocenters. The second-order valence-corrected chi connectivity index (χ2v) is 10.4. The molecule has 3 fully saturated rings. The van der Waals surface area contributed by atoms with Gasteiger partial charge in [0.25, 0.3) is 0 Å². The Labute approximate surface area is 177 Å². The van der Waals surface area contributed by atoms with Crippen molar-refractivity contribution in [2.24, 2.45) is 0 Å². The van der Waals surface area contributed by atoms with Gasteiger partial charge in [0.05, 0.1) is 29.7 Å². The fourth-order valence-electron chi connectivity index (χ4n) is 4.52. The first-order valence-electron chi connectivity index (χ1n) is 10.9. The largest absolute Gasteiger partial charge is 0.399 e. The summed E-state index contributed by atoms with van der Waals surface area (Å²) in [6.45, 7) is 4.59. The number of nitrogen functional groups attached to an aromatic ring is 1. The number of hydrogen-bond acceptors (Lipinski definition) is 6. The highest BCUT2D eigenvalue weighted by Gasteiger charge is 2.49. The van der Waals surface area contributed by atoms with E-state index in [1.165, 1.54) is 44.2 Å². The first-order chi connectivity index (χ1) is 14.1. The van der Waals surface area contributed by atoms with Crippen molar-refractivity contribution < 1.29 is 4.74 Å². The van der Waals surface area contributed by atoms with Gasteiger partial charge in [-0.2, -0.15) is 0 Å². The molecule has 1 aromatic heterocycles. The Kier molecular flexibility index (Phi) is 5.16. The molecule has 5 nitrogen and oxygen atoms in total. The van der Waals surface area contributed by atoms with Gasteiger partial charge in [-0.1, -0.05) is 12.8 Å². The quantitative estimate of drug-likeness (QED) is 0.726. The van der Waals surface area contributed by atoms with Crippen molar-refractivity contribution in [2.45, 2.75) is 61.5 Å². The maximum absolute atomic E-state index is 5.90. The van der Waals surface area contributed by atoms with Crippen LogP contribution in [0.25, 0.3) is 11.4 Å². The molecule has 154 valence electrons. The Hall–Kier alpha value is -1.79. The molecule has 3 aliphatic rings. The zero-order valence-electron chi connectivity index (χ0n) is 17.1. The van der Waals surface area contributed by atoms with Gasteiger partial charge in [0.2, 0.25) is 0 Å². The molecule has 1 aliphatic heterocycles. The number of morpholine rings is 1. The van der Waals surface area contributed by atoms with Crippen LogP contribution in [0.5, 0.6) is 0 Å². The van der Waals surface area contributed by atoms with Crippen LogP contribution in [0.1, 0.15) is 51.1 Å². The Morgan fingerprint density at radius 3 is 2.59 bits per heavy atom. The molecule has 0 bridgehead atoms. The monoisotopic (exact) mass is 410 g/mol. The molecule has 2 saturated carbocycles. The normalized spacial score (nSPS) is 24.0. The smallest absolute Gasteiger partial charge is 0.161 e. The van der Waals surface area contributed by atoms with E-state index < -0.39 is 0 Å². The number of thioether (sulfide) groups is 1. The number of nitrogens with zero attached hydrogens (tertiary/aromatic N) is 3. The van der Waals surface area contributed by atoms with Crippen molar-refractivity contribution in [3.63, 3.8) is 0 Å². The lowest BCUT2D eigenvalue weighted by Gasteiger charge is -2.35. The van der Waals surface area contributed by atoms with Gasteiger partial charge in [-0.15, -0.1) is 11.8 Å². The molecule has 2 aromatic rings. The van der Waals surface area contributed by atoms with Crippen LogP contribution in [0.4, 0.5) is 11.5 Å². The van der Waals surface area contributed by atoms with Crippen LogP contribution in [0.2, 0.25) is 0 Å². The van der Waals surface area contributed by atoms with Gasteiger partial charge in [0.15, 0.2) is 5.82 Å². The van der Waals surface area contributed by atoms with E-state index in [-0.39, 0.29) is 4.75 Å². The number of rotatable bonds is 5. The van der Waals surface area contributed by atoms with Crippen molar-refractivity contribution in [1.82, 2.24) is 9.97 Å². The van der Waals surface area contributed by atoms with Gasteiger partial charge in [-0.05, 0) is 56.9 Å². The van der Waals surface area contributed by atoms with Crippen LogP contribution < -0.4 is 10.6 Å². The number of aromatic nitrogens is 2. The molecule has 1 aromatic carbocycles. The second kappa shape index (κ2) is 7.80. The number of ether oxygens (including phenoxy) is 1. The summed E-state index contributed by atoms with van der Waals surface area (Å²) in [5.41, 5.74) is 8.92. The van der Waals surface area contributed by atoms with Gasteiger partial charge in [-0.25, -0.2) is 9.97 Å². The lowest BCUT2D eigenvalue weighted by Crippen LogP contribution is -2.44. The second-order valence-electron chi connectivity index (χ2n) is 8.69. The predicted octanol–water partition coefficient (Wildman–Crippen LogP) is 4.62. The lowest BCUT2D eigenvalue weighted by molar-refractivity contribution is 0.0985. The van der Waals surface area contributed by atoms with Crippen molar-refractivity contribution in [1.29, 1.82) is 0 Å². The summed E-state index contributed by atoms with van der Waals surface area (Å²) in [4.78, 5) is 12.5. The molecule has 0 spiro atoms. The summed E-state index contributed by atoms with van der Waals surface area (Å²) in [5.74, 6) is 1.85. The summed E-state index contributed by atoms with van der Waals surface area (Å²) in [6.07, 6.45) is 7.93. The van der Waals surface area contributed by atoms with E-state index in [1.54, 1.807) is 0 Å². The topological polar surface area (TPSA) is 64.3 Å². The molecule has 2 heterocycles. The van der Waals surface area contributed by atoms with Gasteiger partial charge in [0, 0.05) is 29.1 Å². The third kappa shape index (κ3) is 3.97. The maximum Gasteiger partial charge on any atom is 0.161 e. The van der Waals surface area contributed by atoms with E-state index in [2.05, 4.69) is 29.7 Å². The number of anilines is 2. The number of nitrogens with two attached hydrogens (primary N) is 1. The van der Waals surface area contributed by atoms with E-state index in [0.29, 0.717) is 6.04 Å². The molecular formula is C23H30N4OS. The Balaban J connectivity index is 1.53. The molecule has 0 amide bonds. The fourth-order valence-corrected chi connectivity index (χ4v) is 6.29. The molecule has 2 aliphatic carbocycles. The van der Waals surface area contributed by atoms with E-state index in [1.807, 2.05) is 24.3 Å². The Morgan fingerprint density at radius 1 is 1.14 bits per heavy atom. The number of benzene rings is 1. The highest BCUT2D eigenvalue weighted by molar-refractivity contribution is 8.01. The minimum absolute atomic E-state index is 0.185. The van der Waals surface area contributed by atoms with E-state index in [9.17, 15) is 0 Å². The van der Waals surface area contributed by atoms with Crippen molar-refractivity contribution in [2.75, 3.05) is 30.4 Å². The molecule has 5 rings (SSSR count). The highest BCUT2D eigenvalue weighted by Crippen LogP contribution is 2.60. The first-order valence-corrected chi connectivity index (χ1v) is 11.8. The molecule has 1 atom stereocenters. The Bertz CT molecular complexity index is 862. The van der Waals surface area contributed by atoms with Crippen molar-refractivity contribution >= 4 is 23.3 Å². The SMILES string of the molecule is C[C@H]1COCCN1c1cc(C2(SC3CCCC3)CC2)nc(-c2ccc(N)cc2)n1.